The molecule has 78 heavy (non-hydrogen) atoms. The highest BCUT2D eigenvalue weighted by molar-refractivity contribution is 7.45. The molecule has 8 nitrogen and oxygen atoms in total. The Morgan fingerprint density at radius 2 is 0.782 bits per heavy atom. The average molecular weight is 1120 g/mol. The van der Waals surface area contributed by atoms with Gasteiger partial charge < -0.3 is 28.8 Å². The van der Waals surface area contributed by atoms with Gasteiger partial charge in [0.25, 0.3) is 7.82 Å². The highest BCUT2D eigenvalue weighted by Gasteiger charge is 2.23. The number of unbranched alkanes of at least 4 members (excludes halogenated alkanes) is 41. The lowest BCUT2D eigenvalue weighted by Crippen LogP contribution is -2.45. The predicted octanol–water partition coefficient (Wildman–Crippen LogP) is 20.6. The standard InChI is InChI=1S/C69H131N2O6P/c1-6-8-10-12-14-16-18-20-22-23-24-25-26-27-28-29-30-31-32-33-34-35-36-37-38-39-40-41-42-43-44-45-46-47-49-51-53-55-57-59-61-63-69(73)70-67(66-77-78(74,75)76-65-64-71(3,4)5)68(72)62-60-58-56-54-52-50-48-21-19-17-15-13-11-9-7-2/h8,10,14,16,20,22,24-25,60,62,67-68,72H,6-7,9,11-13,15,17-19,21,23,26-59,61,63-66H2,1-5H3,(H-,70,73,74,75)/b10-8-,16-14-,22-20-,25-24-,62-60+. The van der Waals surface area contributed by atoms with E-state index in [-0.39, 0.29) is 19.1 Å². The average Bonchev–Trinajstić information content (AvgIpc) is 3.41. The zero-order chi connectivity index (χ0) is 57.0. The second-order valence-corrected chi connectivity index (χ2v) is 25.6. The molecule has 0 fully saturated rings. The maximum Gasteiger partial charge on any atom is 0.268 e. The molecular formula is C69H131N2O6P. The van der Waals surface area contributed by atoms with Gasteiger partial charge in [-0.2, -0.15) is 0 Å². The molecule has 0 aliphatic heterocycles. The zero-order valence-electron chi connectivity index (χ0n) is 52.4. The number of allylic oxidation sites excluding steroid dienone is 9. The van der Waals surface area contributed by atoms with Crippen LogP contribution in [0.1, 0.15) is 322 Å². The normalized spacial score (nSPS) is 14.1. The molecule has 9 heteroatoms. The molecule has 1 amide bonds. The van der Waals surface area contributed by atoms with Crippen LogP contribution < -0.4 is 10.2 Å². The zero-order valence-corrected chi connectivity index (χ0v) is 53.3. The number of rotatable bonds is 62. The van der Waals surface area contributed by atoms with Crippen LogP contribution in [0.2, 0.25) is 0 Å². The predicted molar refractivity (Wildman–Crippen MR) is 339 cm³/mol. The Labute approximate surface area is 485 Å². The summed E-state index contributed by atoms with van der Waals surface area (Å²) in [6.45, 7) is 4.57. The summed E-state index contributed by atoms with van der Waals surface area (Å²) < 4.78 is 23.4. The van der Waals surface area contributed by atoms with E-state index in [1.54, 1.807) is 6.08 Å². The molecule has 458 valence electrons. The van der Waals surface area contributed by atoms with Gasteiger partial charge in [-0.15, -0.1) is 0 Å². The number of phosphoric acid groups is 1. The van der Waals surface area contributed by atoms with Gasteiger partial charge in [0.05, 0.1) is 39.9 Å². The van der Waals surface area contributed by atoms with Crippen LogP contribution in [0.5, 0.6) is 0 Å². The van der Waals surface area contributed by atoms with E-state index in [0.29, 0.717) is 17.4 Å². The van der Waals surface area contributed by atoms with Crippen LogP contribution in [0.15, 0.2) is 60.8 Å². The second kappa shape index (κ2) is 59.8. The van der Waals surface area contributed by atoms with Crippen LogP contribution in [0.3, 0.4) is 0 Å². The molecule has 0 saturated carbocycles. The van der Waals surface area contributed by atoms with Crippen LogP contribution in [0, 0.1) is 0 Å². The Bertz CT molecular complexity index is 1450. The summed E-state index contributed by atoms with van der Waals surface area (Å²) in [7, 11) is 1.27. The SMILES string of the molecule is CC/C=C\C/C=C\C/C=C\C/C=C\CCCCCCCCCCCCCCCCCCCCCCCCCCCCCCC(=O)NC(COP(=O)([O-])OCC[N+](C)(C)C)C(O)/C=C/CCCCCCCCCCCCCCC. The van der Waals surface area contributed by atoms with Crippen LogP contribution in [-0.4, -0.2) is 68.5 Å². The van der Waals surface area contributed by atoms with E-state index in [4.69, 9.17) is 9.05 Å². The lowest BCUT2D eigenvalue weighted by atomic mass is 10.0. The summed E-state index contributed by atoms with van der Waals surface area (Å²) in [5.74, 6) is -0.192. The van der Waals surface area contributed by atoms with Crippen molar-refractivity contribution in [2.45, 2.75) is 334 Å². The summed E-state index contributed by atoms with van der Waals surface area (Å²) in [5, 5.41) is 13.9. The number of carbonyl (C=O) groups is 1. The number of carbonyl (C=O) groups excluding carboxylic acids is 1. The molecule has 0 aliphatic rings. The van der Waals surface area contributed by atoms with Crippen LogP contribution in [-0.2, 0) is 18.4 Å². The second-order valence-electron chi connectivity index (χ2n) is 24.2. The monoisotopic (exact) mass is 1110 g/mol. The Morgan fingerprint density at radius 1 is 0.462 bits per heavy atom. The van der Waals surface area contributed by atoms with Crippen molar-refractivity contribution in [2.24, 2.45) is 0 Å². The lowest BCUT2D eigenvalue weighted by molar-refractivity contribution is -0.870. The summed E-state index contributed by atoms with van der Waals surface area (Å²) in [5.41, 5.74) is 0. The molecule has 0 spiro atoms. The van der Waals surface area contributed by atoms with E-state index >= 15 is 0 Å². The van der Waals surface area contributed by atoms with Gasteiger partial charge in [-0.05, 0) is 57.8 Å². The number of hydrogen-bond acceptors (Lipinski definition) is 6. The fourth-order valence-corrected chi connectivity index (χ4v) is 10.8. The Balaban J connectivity index is 3.86. The molecule has 0 heterocycles. The molecule has 0 aromatic heterocycles. The smallest absolute Gasteiger partial charge is 0.268 e. The van der Waals surface area contributed by atoms with Crippen molar-refractivity contribution in [1.82, 2.24) is 5.32 Å². The van der Waals surface area contributed by atoms with E-state index in [1.807, 2.05) is 27.2 Å². The molecule has 0 radical (unpaired) electrons. The number of quaternary nitrogens is 1. The molecule has 0 aromatic rings. The van der Waals surface area contributed by atoms with Gasteiger partial charge in [0.15, 0.2) is 0 Å². The molecule has 0 saturated heterocycles. The lowest BCUT2D eigenvalue weighted by Gasteiger charge is -2.29. The maximum absolute atomic E-state index is 13.0. The van der Waals surface area contributed by atoms with Crippen molar-refractivity contribution in [1.29, 1.82) is 0 Å². The number of phosphoric ester groups is 1. The van der Waals surface area contributed by atoms with E-state index in [9.17, 15) is 19.4 Å². The minimum atomic E-state index is -4.60. The van der Waals surface area contributed by atoms with E-state index in [0.717, 1.165) is 64.2 Å². The summed E-state index contributed by atoms with van der Waals surface area (Å²) in [6.07, 6.45) is 82.1. The van der Waals surface area contributed by atoms with Gasteiger partial charge in [0, 0.05) is 6.42 Å². The first-order valence-corrected chi connectivity index (χ1v) is 35.1. The Hall–Kier alpha value is -1.80. The van der Waals surface area contributed by atoms with Crippen LogP contribution in [0.4, 0.5) is 0 Å². The Kier molecular flexibility index (Phi) is 58.4. The number of nitrogens with zero attached hydrogens (tertiary/aromatic N) is 1. The fourth-order valence-electron chi connectivity index (χ4n) is 10.0. The Morgan fingerprint density at radius 3 is 1.14 bits per heavy atom. The first kappa shape index (κ1) is 76.2. The highest BCUT2D eigenvalue weighted by atomic mass is 31.2. The molecule has 0 rings (SSSR count). The largest absolute Gasteiger partial charge is 0.756 e. The molecule has 3 atom stereocenters. The number of likely N-dealkylation sites (N-methyl/N-ethyl adjacent to an activating group) is 1. The quantitative estimate of drug-likeness (QED) is 0.0272. The van der Waals surface area contributed by atoms with Crippen molar-refractivity contribution >= 4 is 13.7 Å². The van der Waals surface area contributed by atoms with Gasteiger partial charge in [0.1, 0.15) is 13.2 Å². The van der Waals surface area contributed by atoms with Gasteiger partial charge in [-0.1, -0.05) is 319 Å². The molecule has 0 bridgehead atoms. The summed E-state index contributed by atoms with van der Waals surface area (Å²) >= 11 is 0. The van der Waals surface area contributed by atoms with Crippen molar-refractivity contribution in [3.05, 3.63) is 60.8 Å². The van der Waals surface area contributed by atoms with Crippen LogP contribution in [0.25, 0.3) is 0 Å². The van der Waals surface area contributed by atoms with E-state index in [1.165, 1.54) is 238 Å². The molecular weight excluding hydrogens is 984 g/mol. The van der Waals surface area contributed by atoms with Crippen molar-refractivity contribution in [3.8, 4) is 0 Å². The van der Waals surface area contributed by atoms with Gasteiger partial charge in [0.2, 0.25) is 5.91 Å². The first-order chi connectivity index (χ1) is 38.0. The molecule has 0 aromatic carbocycles. The van der Waals surface area contributed by atoms with Gasteiger partial charge in [-0.3, -0.25) is 9.36 Å². The number of aliphatic hydroxyl groups excluding tert-OH is 1. The maximum atomic E-state index is 13.0. The van der Waals surface area contributed by atoms with Crippen molar-refractivity contribution in [3.63, 3.8) is 0 Å². The molecule has 3 unspecified atom stereocenters. The minimum Gasteiger partial charge on any atom is -0.756 e. The third-order valence-corrected chi connectivity index (χ3v) is 16.2. The summed E-state index contributed by atoms with van der Waals surface area (Å²) in [6, 6.07) is -0.885. The summed E-state index contributed by atoms with van der Waals surface area (Å²) in [4.78, 5) is 25.5. The number of aliphatic hydroxyl groups is 1. The molecule has 0 aliphatic carbocycles. The number of hydrogen-bond donors (Lipinski definition) is 2. The van der Waals surface area contributed by atoms with Gasteiger partial charge in [-0.25, -0.2) is 0 Å². The van der Waals surface area contributed by atoms with Crippen LogP contribution >= 0.6 is 7.82 Å². The fraction of sp³-hybridized carbons (Fsp3) is 0.841. The third-order valence-electron chi connectivity index (χ3n) is 15.2. The van der Waals surface area contributed by atoms with Crippen molar-refractivity contribution < 1.29 is 32.9 Å². The van der Waals surface area contributed by atoms with Crippen molar-refractivity contribution in [2.75, 3.05) is 40.9 Å². The topological polar surface area (TPSA) is 108 Å². The van der Waals surface area contributed by atoms with Gasteiger partial charge >= 0.3 is 0 Å². The van der Waals surface area contributed by atoms with E-state index < -0.39 is 20.0 Å². The van der Waals surface area contributed by atoms with E-state index in [2.05, 4.69) is 67.8 Å². The molecule has 2 N–H and O–H groups in total. The number of nitrogens with one attached hydrogen (secondary N) is 1. The first-order valence-electron chi connectivity index (χ1n) is 33.7. The third kappa shape index (κ3) is 61.8. The number of amides is 1. The highest BCUT2D eigenvalue weighted by Crippen LogP contribution is 2.38. The minimum absolute atomic E-state index is 0.000566.